The summed E-state index contributed by atoms with van der Waals surface area (Å²) in [6.07, 6.45) is 0. The van der Waals surface area contributed by atoms with Gasteiger partial charge in [0.1, 0.15) is 0 Å². The van der Waals surface area contributed by atoms with Crippen molar-refractivity contribution in [1.29, 1.82) is 0 Å². The van der Waals surface area contributed by atoms with Gasteiger partial charge < -0.3 is 0 Å². The summed E-state index contributed by atoms with van der Waals surface area (Å²) in [6, 6.07) is 90.8. The maximum absolute atomic E-state index is 2.42. The molecule has 0 spiro atoms. The fraction of sp³-hybridized carbons (Fsp3) is 0. The molecular weight excluding hydrogens is 793 g/mol. The van der Waals surface area contributed by atoms with Crippen molar-refractivity contribution in [3.63, 3.8) is 0 Å². The number of hydrogen-bond acceptors (Lipinski definition) is 0. The van der Waals surface area contributed by atoms with Crippen LogP contribution in [0.25, 0.3) is 142 Å². The van der Waals surface area contributed by atoms with Crippen LogP contribution >= 0.6 is 0 Å². The van der Waals surface area contributed by atoms with Crippen molar-refractivity contribution in [2.24, 2.45) is 0 Å². The molecule has 14 aromatic carbocycles. The van der Waals surface area contributed by atoms with Crippen LogP contribution < -0.4 is 0 Å². The third-order valence-corrected chi connectivity index (χ3v) is 14.2. The first-order valence-corrected chi connectivity index (χ1v) is 23.0. The summed E-state index contributed by atoms with van der Waals surface area (Å²) in [5.74, 6) is 0. The van der Waals surface area contributed by atoms with E-state index in [2.05, 4.69) is 243 Å². The monoisotopic (exact) mass is 832 g/mol. The Balaban J connectivity index is 0.993. The van der Waals surface area contributed by atoms with E-state index in [9.17, 15) is 0 Å². The first-order chi connectivity index (χ1) is 32.7. The highest BCUT2D eigenvalue weighted by Crippen LogP contribution is 2.44. The van der Waals surface area contributed by atoms with E-state index in [1.807, 2.05) is 0 Å². The van der Waals surface area contributed by atoms with Crippen LogP contribution in [0.15, 0.2) is 243 Å². The van der Waals surface area contributed by atoms with Gasteiger partial charge in [0.25, 0.3) is 0 Å². The normalized spacial score (nSPS) is 11.9. The van der Waals surface area contributed by atoms with Crippen LogP contribution in [-0.2, 0) is 0 Å². The molecule has 66 heavy (non-hydrogen) atoms. The second-order valence-corrected chi connectivity index (χ2v) is 18.1. The Morgan fingerprint density at radius 1 is 0.152 bits per heavy atom. The van der Waals surface area contributed by atoms with Crippen molar-refractivity contribution in [3.05, 3.63) is 243 Å². The highest BCUT2D eigenvalue weighted by Gasteiger charge is 2.18. The summed E-state index contributed by atoms with van der Waals surface area (Å²) >= 11 is 0. The molecule has 0 nitrogen and oxygen atoms in total. The molecule has 0 N–H and O–H groups in total. The van der Waals surface area contributed by atoms with Crippen LogP contribution in [-0.4, -0.2) is 0 Å². The second kappa shape index (κ2) is 14.5. The van der Waals surface area contributed by atoms with E-state index in [-0.39, 0.29) is 0 Å². The van der Waals surface area contributed by atoms with Crippen molar-refractivity contribution >= 4 is 75.4 Å². The Morgan fingerprint density at radius 3 is 0.788 bits per heavy atom. The van der Waals surface area contributed by atoms with Gasteiger partial charge in [-0.05, 0) is 203 Å². The highest BCUT2D eigenvalue weighted by molar-refractivity contribution is 6.25. The zero-order valence-electron chi connectivity index (χ0n) is 36.1. The lowest BCUT2D eigenvalue weighted by molar-refractivity contribution is 1.57. The molecule has 0 aliphatic heterocycles. The lowest BCUT2D eigenvalue weighted by Gasteiger charge is -2.18. The average molecular weight is 833 g/mol. The van der Waals surface area contributed by atoms with Gasteiger partial charge in [-0.2, -0.15) is 0 Å². The van der Waals surface area contributed by atoms with Crippen molar-refractivity contribution in [3.8, 4) is 66.8 Å². The van der Waals surface area contributed by atoms with Crippen molar-refractivity contribution in [2.75, 3.05) is 0 Å². The average Bonchev–Trinajstić information content (AvgIpc) is 3.39. The summed E-state index contributed by atoms with van der Waals surface area (Å²) in [7, 11) is 0. The predicted octanol–water partition coefficient (Wildman–Crippen LogP) is 18.6. The molecule has 14 aromatic rings. The summed E-state index contributed by atoms with van der Waals surface area (Å²) in [5, 5.41) is 18.1. The van der Waals surface area contributed by atoms with Crippen molar-refractivity contribution in [2.45, 2.75) is 0 Å². The largest absolute Gasteiger partial charge is 0.0622 e. The highest BCUT2D eigenvalue weighted by atomic mass is 14.2. The quantitative estimate of drug-likeness (QED) is 0.146. The van der Waals surface area contributed by atoms with Crippen LogP contribution in [0.4, 0.5) is 0 Å². The van der Waals surface area contributed by atoms with Crippen LogP contribution in [0.1, 0.15) is 0 Å². The number of hydrogen-bond donors (Lipinski definition) is 0. The Labute approximate surface area is 383 Å². The lowest BCUT2D eigenvalue weighted by atomic mass is 9.86. The summed E-state index contributed by atoms with van der Waals surface area (Å²) in [6.45, 7) is 0. The Morgan fingerprint density at radius 2 is 0.424 bits per heavy atom. The van der Waals surface area contributed by atoms with Crippen LogP contribution in [0.3, 0.4) is 0 Å². The van der Waals surface area contributed by atoms with E-state index < -0.39 is 0 Å². The van der Waals surface area contributed by atoms with Crippen LogP contribution in [0, 0.1) is 0 Å². The molecule has 0 bridgehead atoms. The van der Waals surface area contributed by atoms with Gasteiger partial charge in [-0.25, -0.2) is 0 Å². The Kier molecular flexibility index (Phi) is 8.08. The topological polar surface area (TPSA) is 0 Å². The molecule has 0 heterocycles. The molecule has 0 aromatic heterocycles. The maximum atomic E-state index is 2.42. The zero-order valence-corrected chi connectivity index (χ0v) is 36.1. The van der Waals surface area contributed by atoms with Crippen LogP contribution in [0.5, 0.6) is 0 Å². The lowest BCUT2D eigenvalue weighted by Crippen LogP contribution is -1.91. The molecule has 0 amide bonds. The molecule has 304 valence electrons. The van der Waals surface area contributed by atoms with Crippen molar-refractivity contribution < 1.29 is 0 Å². The fourth-order valence-corrected chi connectivity index (χ4v) is 11.1. The first-order valence-electron chi connectivity index (χ1n) is 23.0. The molecule has 0 aliphatic carbocycles. The number of rotatable bonds is 6. The zero-order chi connectivity index (χ0) is 43.3. The molecule has 0 saturated carbocycles. The van der Waals surface area contributed by atoms with E-state index in [1.54, 1.807) is 0 Å². The minimum Gasteiger partial charge on any atom is -0.0622 e. The van der Waals surface area contributed by atoms with Gasteiger partial charge in [-0.1, -0.05) is 182 Å². The molecule has 14 rings (SSSR count). The number of fused-ring (bicyclic) bond motifs is 1. The first kappa shape index (κ1) is 36.9. The molecule has 0 saturated heterocycles. The summed E-state index contributed by atoms with van der Waals surface area (Å²) < 4.78 is 0. The van der Waals surface area contributed by atoms with Gasteiger partial charge in [0.15, 0.2) is 0 Å². The Hall–Kier alpha value is -8.58. The standard InChI is InChI=1S/C66H40/c1-3-11-41(12-4-1)51-35-52(42-13-5-2-6-14-42)38-57(37-51)59-29-30-60(62-20-8-7-19-61(59)62)58-39-55(53-31-47-25-21-43-15-9-16-44-22-26-48(32-53)65(47)63(43)44)36-56(40-58)54-33-49-27-23-45-17-10-18-46-24-28-50(34-54)66(49)64(45)46/h1-40H. The van der Waals surface area contributed by atoms with Gasteiger partial charge >= 0.3 is 0 Å². The molecule has 0 heteroatoms. The smallest absolute Gasteiger partial charge is 0.00264 e. The second-order valence-electron chi connectivity index (χ2n) is 18.1. The molecule has 0 aliphatic rings. The minimum atomic E-state index is 1.20. The molecular formula is C66H40. The maximum Gasteiger partial charge on any atom is -0.00264 e. The fourth-order valence-electron chi connectivity index (χ4n) is 11.1. The predicted molar refractivity (Wildman–Crippen MR) is 284 cm³/mol. The molecule has 0 fully saturated rings. The van der Waals surface area contributed by atoms with Gasteiger partial charge in [0.2, 0.25) is 0 Å². The van der Waals surface area contributed by atoms with Gasteiger partial charge in [-0.3, -0.25) is 0 Å². The molecule has 0 unspecified atom stereocenters. The van der Waals surface area contributed by atoms with Gasteiger partial charge in [0, 0.05) is 0 Å². The minimum absolute atomic E-state index is 1.20. The summed E-state index contributed by atoms with van der Waals surface area (Å²) in [5.41, 5.74) is 14.5. The SMILES string of the molecule is c1ccc(-c2cc(-c3ccccc3)cc(-c3ccc(-c4cc(-c5cc6ccc7cccc8ccc(c5)c6c78)cc(-c5cc6ccc7cccc8ccc(c5)c6c78)c4)c4ccccc34)c2)cc1. The number of benzene rings is 14. The third kappa shape index (κ3) is 5.86. The van der Waals surface area contributed by atoms with Gasteiger partial charge in [0.05, 0.1) is 0 Å². The van der Waals surface area contributed by atoms with E-state index in [0.29, 0.717) is 0 Å². The Bertz CT molecular complexity index is 3840. The van der Waals surface area contributed by atoms with E-state index in [1.165, 1.54) is 142 Å². The van der Waals surface area contributed by atoms with E-state index >= 15 is 0 Å². The summed E-state index contributed by atoms with van der Waals surface area (Å²) in [4.78, 5) is 0. The van der Waals surface area contributed by atoms with Crippen molar-refractivity contribution in [1.82, 2.24) is 0 Å². The molecule has 0 atom stereocenters. The van der Waals surface area contributed by atoms with Gasteiger partial charge in [-0.15, -0.1) is 0 Å². The molecule has 0 radical (unpaired) electrons. The van der Waals surface area contributed by atoms with Crippen LogP contribution in [0.2, 0.25) is 0 Å². The van der Waals surface area contributed by atoms with E-state index in [4.69, 9.17) is 0 Å². The third-order valence-electron chi connectivity index (χ3n) is 14.2. The van der Waals surface area contributed by atoms with E-state index in [0.717, 1.165) is 0 Å².